The maximum Gasteiger partial charge on any atom is 0.270 e. The van der Waals surface area contributed by atoms with E-state index in [4.69, 9.17) is 0 Å². The second-order valence-electron chi connectivity index (χ2n) is 3.80. The van der Waals surface area contributed by atoms with E-state index in [1.807, 2.05) is 41.2 Å². The SMILES string of the molecule is C=CCNC(=O)c1cnc(SC)n1-c1ccccc1. The van der Waals surface area contributed by atoms with Crippen molar-refractivity contribution in [1.82, 2.24) is 14.9 Å². The fraction of sp³-hybridized carbons (Fsp3) is 0.143. The van der Waals surface area contributed by atoms with Gasteiger partial charge >= 0.3 is 0 Å². The average Bonchev–Trinajstić information content (AvgIpc) is 2.89. The molecule has 0 aliphatic carbocycles. The van der Waals surface area contributed by atoms with Crippen molar-refractivity contribution in [2.75, 3.05) is 12.8 Å². The van der Waals surface area contributed by atoms with Crippen LogP contribution in [0.25, 0.3) is 5.69 Å². The molecule has 2 rings (SSSR count). The minimum atomic E-state index is -0.156. The molecule has 0 aliphatic rings. The monoisotopic (exact) mass is 273 g/mol. The molecule has 5 heteroatoms. The van der Waals surface area contributed by atoms with Crippen LogP contribution in [0.4, 0.5) is 0 Å². The zero-order chi connectivity index (χ0) is 13.7. The van der Waals surface area contributed by atoms with Gasteiger partial charge in [-0.25, -0.2) is 4.98 Å². The fourth-order valence-electron chi connectivity index (χ4n) is 1.72. The van der Waals surface area contributed by atoms with E-state index in [2.05, 4.69) is 16.9 Å². The molecule has 19 heavy (non-hydrogen) atoms. The highest BCUT2D eigenvalue weighted by atomic mass is 32.2. The van der Waals surface area contributed by atoms with Gasteiger partial charge in [-0.05, 0) is 18.4 Å². The maximum atomic E-state index is 12.1. The van der Waals surface area contributed by atoms with Gasteiger partial charge in [0.2, 0.25) is 0 Å². The second kappa shape index (κ2) is 6.24. The minimum Gasteiger partial charge on any atom is -0.347 e. The van der Waals surface area contributed by atoms with E-state index >= 15 is 0 Å². The highest BCUT2D eigenvalue weighted by Crippen LogP contribution is 2.21. The summed E-state index contributed by atoms with van der Waals surface area (Å²) in [5.41, 5.74) is 1.45. The van der Waals surface area contributed by atoms with Crippen LogP contribution in [0.15, 0.2) is 54.3 Å². The Morgan fingerprint density at radius 2 is 2.21 bits per heavy atom. The first-order valence-electron chi connectivity index (χ1n) is 5.84. The van der Waals surface area contributed by atoms with Crippen LogP contribution in [0, 0.1) is 0 Å². The number of amides is 1. The molecule has 0 atom stereocenters. The lowest BCUT2D eigenvalue weighted by atomic mass is 10.3. The van der Waals surface area contributed by atoms with E-state index in [9.17, 15) is 4.79 Å². The molecule has 0 unspecified atom stereocenters. The summed E-state index contributed by atoms with van der Waals surface area (Å²) in [7, 11) is 0. The largest absolute Gasteiger partial charge is 0.347 e. The molecule has 2 aromatic rings. The quantitative estimate of drug-likeness (QED) is 0.672. The standard InChI is InChI=1S/C14H15N3OS/c1-3-9-15-13(18)12-10-16-14(19-2)17(12)11-7-5-4-6-8-11/h3-8,10H,1,9H2,2H3,(H,15,18). The second-order valence-corrected chi connectivity index (χ2v) is 4.57. The van der Waals surface area contributed by atoms with Gasteiger partial charge in [-0.1, -0.05) is 36.0 Å². The molecule has 1 amide bonds. The fourth-order valence-corrected chi connectivity index (χ4v) is 2.27. The van der Waals surface area contributed by atoms with Crippen LogP contribution in [0.1, 0.15) is 10.5 Å². The Balaban J connectivity index is 2.43. The van der Waals surface area contributed by atoms with Gasteiger partial charge < -0.3 is 5.32 Å². The molecule has 4 nitrogen and oxygen atoms in total. The van der Waals surface area contributed by atoms with E-state index in [1.165, 1.54) is 11.8 Å². The Bertz CT molecular complexity index is 578. The number of rotatable bonds is 5. The van der Waals surface area contributed by atoms with Gasteiger partial charge in [-0.2, -0.15) is 0 Å². The van der Waals surface area contributed by atoms with Crippen LogP contribution in [-0.2, 0) is 0 Å². The summed E-state index contributed by atoms with van der Waals surface area (Å²) >= 11 is 1.50. The van der Waals surface area contributed by atoms with Crippen molar-refractivity contribution in [3.63, 3.8) is 0 Å². The molecule has 0 spiro atoms. The lowest BCUT2D eigenvalue weighted by Gasteiger charge is -2.10. The first-order valence-corrected chi connectivity index (χ1v) is 7.06. The molecule has 0 aliphatic heterocycles. The summed E-state index contributed by atoms with van der Waals surface area (Å²) in [6.07, 6.45) is 5.18. The number of aromatic nitrogens is 2. The molecule has 0 saturated carbocycles. The van der Waals surface area contributed by atoms with Crippen molar-refractivity contribution in [2.45, 2.75) is 5.16 Å². The number of carbonyl (C=O) groups excluding carboxylic acids is 1. The number of imidazole rings is 1. The van der Waals surface area contributed by atoms with Crippen LogP contribution in [0.3, 0.4) is 0 Å². The van der Waals surface area contributed by atoms with Crippen molar-refractivity contribution in [3.05, 3.63) is 54.9 Å². The number of thioether (sulfide) groups is 1. The Morgan fingerprint density at radius 1 is 1.47 bits per heavy atom. The molecule has 1 N–H and O–H groups in total. The maximum absolute atomic E-state index is 12.1. The summed E-state index contributed by atoms with van der Waals surface area (Å²) in [5.74, 6) is -0.156. The predicted octanol–water partition coefficient (Wildman–Crippen LogP) is 2.51. The van der Waals surface area contributed by atoms with Crippen LogP contribution in [0.5, 0.6) is 0 Å². The third-order valence-electron chi connectivity index (χ3n) is 2.57. The van der Waals surface area contributed by atoms with Gasteiger partial charge in [0, 0.05) is 12.2 Å². The van der Waals surface area contributed by atoms with E-state index in [1.54, 1.807) is 12.3 Å². The van der Waals surface area contributed by atoms with Crippen LogP contribution in [-0.4, -0.2) is 28.3 Å². The molecule has 0 radical (unpaired) electrons. The van der Waals surface area contributed by atoms with Crippen LogP contribution in [0.2, 0.25) is 0 Å². The number of para-hydroxylation sites is 1. The summed E-state index contributed by atoms with van der Waals surface area (Å²) in [6.45, 7) is 4.02. The highest BCUT2D eigenvalue weighted by molar-refractivity contribution is 7.98. The van der Waals surface area contributed by atoms with Gasteiger partial charge in [0.25, 0.3) is 5.91 Å². The topological polar surface area (TPSA) is 46.9 Å². The van der Waals surface area contributed by atoms with Crippen molar-refractivity contribution in [1.29, 1.82) is 0 Å². The lowest BCUT2D eigenvalue weighted by molar-refractivity contribution is 0.0950. The van der Waals surface area contributed by atoms with Gasteiger partial charge in [-0.15, -0.1) is 6.58 Å². The number of hydrogen-bond donors (Lipinski definition) is 1. The van der Waals surface area contributed by atoms with Crippen LogP contribution >= 0.6 is 11.8 Å². The smallest absolute Gasteiger partial charge is 0.270 e. The first-order chi connectivity index (χ1) is 9.27. The summed E-state index contributed by atoms with van der Waals surface area (Å²) < 4.78 is 1.85. The Labute approximate surface area is 116 Å². The van der Waals surface area contributed by atoms with Gasteiger partial charge in [0.1, 0.15) is 5.69 Å². The molecule has 98 valence electrons. The normalized spacial score (nSPS) is 10.2. The van der Waals surface area contributed by atoms with Crippen molar-refractivity contribution < 1.29 is 4.79 Å². The minimum absolute atomic E-state index is 0.156. The highest BCUT2D eigenvalue weighted by Gasteiger charge is 2.16. The Morgan fingerprint density at radius 3 is 2.84 bits per heavy atom. The van der Waals surface area contributed by atoms with Gasteiger partial charge in [0.05, 0.1) is 6.20 Å². The van der Waals surface area contributed by atoms with Crippen molar-refractivity contribution in [2.24, 2.45) is 0 Å². The molecule has 0 bridgehead atoms. The van der Waals surface area contributed by atoms with E-state index in [-0.39, 0.29) is 5.91 Å². The van der Waals surface area contributed by atoms with Gasteiger partial charge in [0.15, 0.2) is 5.16 Å². The van der Waals surface area contributed by atoms with E-state index in [0.29, 0.717) is 12.2 Å². The number of hydrogen-bond acceptors (Lipinski definition) is 3. The van der Waals surface area contributed by atoms with Crippen molar-refractivity contribution >= 4 is 17.7 Å². The molecular weight excluding hydrogens is 258 g/mol. The number of carbonyl (C=O) groups is 1. The third-order valence-corrected chi connectivity index (χ3v) is 3.22. The molecule has 1 heterocycles. The molecule has 1 aromatic heterocycles. The molecule has 0 fully saturated rings. The van der Waals surface area contributed by atoms with E-state index in [0.717, 1.165) is 10.8 Å². The number of nitrogens with one attached hydrogen (secondary N) is 1. The average molecular weight is 273 g/mol. The Hall–Kier alpha value is -2.01. The summed E-state index contributed by atoms with van der Waals surface area (Å²) in [4.78, 5) is 16.4. The Kier molecular flexibility index (Phi) is 4.41. The molecular formula is C14H15N3OS. The molecule has 1 aromatic carbocycles. The zero-order valence-corrected chi connectivity index (χ0v) is 11.5. The molecule has 0 saturated heterocycles. The van der Waals surface area contributed by atoms with Crippen molar-refractivity contribution in [3.8, 4) is 5.69 Å². The third kappa shape index (κ3) is 2.88. The van der Waals surface area contributed by atoms with Crippen LogP contribution < -0.4 is 5.32 Å². The summed E-state index contributed by atoms with van der Waals surface area (Å²) in [5, 5.41) is 3.56. The number of nitrogens with zero attached hydrogens (tertiary/aromatic N) is 2. The lowest BCUT2D eigenvalue weighted by Crippen LogP contribution is -2.25. The first kappa shape index (κ1) is 13.4. The van der Waals surface area contributed by atoms with E-state index < -0.39 is 0 Å². The summed E-state index contributed by atoms with van der Waals surface area (Å²) in [6, 6.07) is 9.71. The van der Waals surface area contributed by atoms with Gasteiger partial charge in [-0.3, -0.25) is 9.36 Å². The predicted molar refractivity (Wildman–Crippen MR) is 77.9 cm³/mol. The number of benzene rings is 1. The zero-order valence-electron chi connectivity index (χ0n) is 10.7.